The van der Waals surface area contributed by atoms with Crippen LogP contribution < -0.4 is 0 Å². The Hall–Kier alpha value is -0.670. The molecule has 0 heterocycles. The maximum Gasteiger partial charge on any atom is 0.159 e. The van der Waals surface area contributed by atoms with Gasteiger partial charge < -0.3 is 5.11 Å². The van der Waals surface area contributed by atoms with E-state index in [2.05, 4.69) is 0 Å². The fourth-order valence-corrected chi connectivity index (χ4v) is 0.987. The van der Waals surface area contributed by atoms with Crippen molar-refractivity contribution < 1.29 is 13.9 Å². The van der Waals surface area contributed by atoms with Crippen molar-refractivity contribution in [2.45, 2.75) is 6.10 Å². The van der Waals surface area contributed by atoms with Crippen LogP contribution in [0.15, 0.2) is 18.2 Å². The molecule has 0 bridgehead atoms. The Labute approximate surface area is 73.6 Å². The van der Waals surface area contributed by atoms with E-state index in [9.17, 15) is 8.78 Å². The van der Waals surface area contributed by atoms with Gasteiger partial charge in [-0.3, -0.25) is 0 Å². The van der Waals surface area contributed by atoms with Gasteiger partial charge in [-0.15, -0.1) is 11.6 Å². The highest BCUT2D eigenvalue weighted by Crippen LogP contribution is 2.16. The first-order valence-electron chi connectivity index (χ1n) is 3.34. The normalized spacial score (nSPS) is 13.0. The zero-order valence-corrected chi connectivity index (χ0v) is 6.85. The van der Waals surface area contributed by atoms with E-state index in [-0.39, 0.29) is 11.4 Å². The Morgan fingerprint density at radius 3 is 2.50 bits per heavy atom. The summed E-state index contributed by atoms with van der Waals surface area (Å²) in [5.41, 5.74) is 0.281. The largest absolute Gasteiger partial charge is 0.387 e. The quantitative estimate of drug-likeness (QED) is 0.713. The lowest BCUT2D eigenvalue weighted by atomic mass is 10.1. The molecular weight excluding hydrogens is 186 g/mol. The van der Waals surface area contributed by atoms with E-state index in [1.165, 1.54) is 6.07 Å². The first-order chi connectivity index (χ1) is 5.65. The van der Waals surface area contributed by atoms with Crippen LogP contribution in [0, 0.1) is 11.6 Å². The third kappa shape index (κ3) is 1.93. The number of rotatable bonds is 2. The van der Waals surface area contributed by atoms with E-state index in [0.29, 0.717) is 0 Å². The molecule has 1 N–H and O–H groups in total. The molecule has 4 heteroatoms. The van der Waals surface area contributed by atoms with Gasteiger partial charge in [0.05, 0.1) is 12.0 Å². The molecule has 0 saturated carbocycles. The van der Waals surface area contributed by atoms with Crippen LogP contribution in [0.5, 0.6) is 0 Å². The molecule has 0 aliphatic rings. The van der Waals surface area contributed by atoms with E-state index >= 15 is 0 Å². The van der Waals surface area contributed by atoms with Gasteiger partial charge in [-0.1, -0.05) is 6.07 Å². The van der Waals surface area contributed by atoms with E-state index in [0.717, 1.165) is 12.1 Å². The van der Waals surface area contributed by atoms with Crippen molar-refractivity contribution in [3.63, 3.8) is 0 Å². The second kappa shape index (κ2) is 3.83. The van der Waals surface area contributed by atoms with Crippen molar-refractivity contribution in [1.82, 2.24) is 0 Å². The van der Waals surface area contributed by atoms with Gasteiger partial charge in [0, 0.05) is 0 Å². The molecule has 0 aliphatic carbocycles. The van der Waals surface area contributed by atoms with Crippen molar-refractivity contribution in [3.8, 4) is 0 Å². The molecule has 0 spiro atoms. The van der Waals surface area contributed by atoms with E-state index < -0.39 is 17.7 Å². The molecule has 1 aromatic rings. The smallest absolute Gasteiger partial charge is 0.159 e. The molecule has 1 nitrogen and oxygen atoms in total. The molecule has 0 amide bonds. The van der Waals surface area contributed by atoms with Gasteiger partial charge in [-0.2, -0.15) is 0 Å². The van der Waals surface area contributed by atoms with E-state index in [1.54, 1.807) is 0 Å². The fourth-order valence-electron chi connectivity index (χ4n) is 0.809. The summed E-state index contributed by atoms with van der Waals surface area (Å²) >= 11 is 5.31. The third-order valence-corrected chi connectivity index (χ3v) is 1.77. The van der Waals surface area contributed by atoms with Crippen LogP contribution in [-0.4, -0.2) is 11.0 Å². The van der Waals surface area contributed by atoms with Crippen LogP contribution in [0.2, 0.25) is 0 Å². The van der Waals surface area contributed by atoms with Gasteiger partial charge in [0.2, 0.25) is 0 Å². The highest BCUT2D eigenvalue weighted by molar-refractivity contribution is 6.18. The third-order valence-electron chi connectivity index (χ3n) is 1.47. The average molecular weight is 193 g/mol. The van der Waals surface area contributed by atoms with Gasteiger partial charge in [0.15, 0.2) is 11.6 Å². The SMILES string of the molecule is OC(CCl)c1ccc(F)c(F)c1. The lowest BCUT2D eigenvalue weighted by Gasteiger charge is -2.06. The fraction of sp³-hybridized carbons (Fsp3) is 0.250. The summed E-state index contributed by atoms with van der Waals surface area (Å²) in [6.07, 6.45) is -0.943. The van der Waals surface area contributed by atoms with Crippen LogP contribution in [0.1, 0.15) is 11.7 Å². The molecular formula is C8H7ClF2O. The summed E-state index contributed by atoms with van der Waals surface area (Å²) in [6.45, 7) is 0. The van der Waals surface area contributed by atoms with Crippen LogP contribution >= 0.6 is 11.6 Å². The summed E-state index contributed by atoms with van der Waals surface area (Å²) in [6, 6.07) is 3.19. The van der Waals surface area contributed by atoms with Crippen LogP contribution in [0.3, 0.4) is 0 Å². The van der Waals surface area contributed by atoms with Crippen molar-refractivity contribution in [2.24, 2.45) is 0 Å². The Morgan fingerprint density at radius 2 is 2.00 bits per heavy atom. The molecule has 0 radical (unpaired) electrons. The lowest BCUT2D eigenvalue weighted by Crippen LogP contribution is -1.99. The van der Waals surface area contributed by atoms with Crippen molar-refractivity contribution in [3.05, 3.63) is 35.4 Å². The molecule has 1 aromatic carbocycles. The molecule has 0 aliphatic heterocycles. The zero-order chi connectivity index (χ0) is 9.14. The summed E-state index contributed by atoms with van der Waals surface area (Å²) in [5, 5.41) is 9.12. The van der Waals surface area contributed by atoms with Gasteiger partial charge in [-0.05, 0) is 17.7 Å². The van der Waals surface area contributed by atoms with Crippen LogP contribution in [-0.2, 0) is 0 Å². The average Bonchev–Trinajstić information content (AvgIpc) is 2.08. The zero-order valence-electron chi connectivity index (χ0n) is 6.10. The van der Waals surface area contributed by atoms with Gasteiger partial charge in [-0.25, -0.2) is 8.78 Å². The first kappa shape index (κ1) is 9.42. The number of alkyl halides is 1. The van der Waals surface area contributed by atoms with Gasteiger partial charge in [0.25, 0.3) is 0 Å². The lowest BCUT2D eigenvalue weighted by molar-refractivity contribution is 0.202. The van der Waals surface area contributed by atoms with Crippen LogP contribution in [0.25, 0.3) is 0 Å². The van der Waals surface area contributed by atoms with Crippen LogP contribution in [0.4, 0.5) is 8.78 Å². The minimum atomic E-state index is -0.975. The van der Waals surface area contributed by atoms with Crippen molar-refractivity contribution >= 4 is 11.6 Å². The topological polar surface area (TPSA) is 20.2 Å². The Kier molecular flexibility index (Phi) is 3.00. The van der Waals surface area contributed by atoms with E-state index in [4.69, 9.17) is 16.7 Å². The van der Waals surface area contributed by atoms with Gasteiger partial charge in [0.1, 0.15) is 0 Å². The Morgan fingerprint density at radius 1 is 1.33 bits per heavy atom. The Bertz CT molecular complexity index is 278. The molecule has 1 rings (SSSR count). The summed E-state index contributed by atoms with van der Waals surface area (Å²) in [7, 11) is 0. The van der Waals surface area contributed by atoms with E-state index in [1.807, 2.05) is 0 Å². The summed E-state index contributed by atoms with van der Waals surface area (Å²) in [5.74, 6) is -1.94. The number of hydrogen-bond acceptors (Lipinski definition) is 1. The van der Waals surface area contributed by atoms with Crippen molar-refractivity contribution in [2.75, 3.05) is 5.88 Å². The monoisotopic (exact) mass is 192 g/mol. The molecule has 1 atom stereocenters. The number of aliphatic hydroxyl groups excluding tert-OH is 1. The molecule has 0 fully saturated rings. The van der Waals surface area contributed by atoms with Gasteiger partial charge >= 0.3 is 0 Å². The molecule has 1 unspecified atom stereocenters. The predicted octanol–water partition coefficient (Wildman–Crippen LogP) is 2.24. The second-order valence-corrected chi connectivity index (χ2v) is 2.65. The highest BCUT2D eigenvalue weighted by atomic mass is 35.5. The highest BCUT2D eigenvalue weighted by Gasteiger charge is 2.08. The number of hydrogen-bond donors (Lipinski definition) is 1. The predicted molar refractivity (Wildman–Crippen MR) is 42.0 cm³/mol. The minimum Gasteiger partial charge on any atom is -0.387 e. The Balaban J connectivity index is 2.96. The minimum absolute atomic E-state index is 0.0366. The maximum absolute atomic E-state index is 12.5. The molecule has 12 heavy (non-hydrogen) atoms. The standard InChI is InChI=1S/C8H7ClF2O/c9-4-8(12)5-1-2-6(10)7(11)3-5/h1-3,8,12H,4H2. The molecule has 0 saturated heterocycles. The first-order valence-corrected chi connectivity index (χ1v) is 3.87. The summed E-state index contributed by atoms with van der Waals surface area (Å²) in [4.78, 5) is 0. The molecule has 66 valence electrons. The number of benzene rings is 1. The maximum atomic E-state index is 12.5. The van der Waals surface area contributed by atoms with Crippen molar-refractivity contribution in [1.29, 1.82) is 0 Å². The summed E-state index contributed by atoms with van der Waals surface area (Å²) < 4.78 is 24.9. The molecule has 0 aromatic heterocycles. The number of halogens is 3. The second-order valence-electron chi connectivity index (χ2n) is 2.34. The number of aliphatic hydroxyl groups is 1.